The lowest BCUT2D eigenvalue weighted by molar-refractivity contribution is -0.157. The van der Waals surface area contributed by atoms with Crippen molar-refractivity contribution in [2.24, 2.45) is 0 Å². The largest absolute Gasteiger partial charge is 0.629 e. The van der Waals surface area contributed by atoms with Crippen LogP contribution >= 0.6 is 7.77 Å². The summed E-state index contributed by atoms with van der Waals surface area (Å²) in [6.07, 6.45) is 0.279. The highest BCUT2D eigenvalue weighted by molar-refractivity contribution is 7.49. The van der Waals surface area contributed by atoms with Crippen molar-refractivity contribution in [2.75, 3.05) is 19.6 Å². The zero-order chi connectivity index (χ0) is 10.1. The molecule has 5 heteroatoms. The topological polar surface area (TPSA) is 58.6 Å². The maximum absolute atomic E-state index is 11.1. The first-order valence-electron chi connectivity index (χ1n) is 4.21. The summed E-state index contributed by atoms with van der Waals surface area (Å²) in [5, 5.41) is 0. The van der Waals surface area contributed by atoms with Gasteiger partial charge in [-0.15, -0.1) is 0 Å². The zero-order valence-electron chi connectivity index (χ0n) is 7.99. The number of carbonyl (C=O) groups is 1. The lowest BCUT2D eigenvalue weighted by Crippen LogP contribution is -2.06. The smallest absolute Gasteiger partial charge is 0.313 e. The fourth-order valence-corrected chi connectivity index (χ4v) is 1.45. The van der Waals surface area contributed by atoms with E-state index >= 15 is 0 Å². The Bertz CT molecular complexity index is 179. The van der Waals surface area contributed by atoms with Crippen molar-refractivity contribution in [3.05, 3.63) is 0 Å². The first-order chi connectivity index (χ1) is 6.20. The third kappa shape index (κ3) is 7.91. The molecule has 0 radical (unpaired) electrons. The summed E-state index contributed by atoms with van der Waals surface area (Å²) in [6.45, 7) is 4.45. The van der Waals surface area contributed by atoms with E-state index in [1.54, 1.807) is 6.92 Å². The summed E-state index contributed by atoms with van der Waals surface area (Å²) in [5.41, 5.74) is 0. The van der Waals surface area contributed by atoms with Crippen molar-refractivity contribution in [3.63, 3.8) is 0 Å². The molecule has 0 fully saturated rings. The average molecular weight is 206 g/mol. The lowest BCUT2D eigenvalue weighted by Gasteiger charge is -1.99. The maximum Gasteiger partial charge on any atom is 0.313 e. The molecular weight excluding hydrogens is 191 g/mol. The second-order valence-corrected chi connectivity index (χ2v) is 3.69. The number of hydrogen-bond donors (Lipinski definition) is 0. The molecule has 0 aromatic carbocycles. The van der Waals surface area contributed by atoms with Crippen molar-refractivity contribution < 1.29 is 19.2 Å². The van der Waals surface area contributed by atoms with Gasteiger partial charge in [0.25, 0.3) is 0 Å². The van der Waals surface area contributed by atoms with Gasteiger partial charge in [-0.05, 0) is 13.8 Å². The lowest BCUT2D eigenvalue weighted by atomic mass is 10.5. The number of carbonyl (C=O) groups excluding carboxylic acids is 1. The first kappa shape index (κ1) is 12.6. The molecule has 1 atom stereocenters. The predicted octanol–water partition coefficient (Wildman–Crippen LogP) is 0.493. The van der Waals surface area contributed by atoms with E-state index in [0.29, 0.717) is 13.2 Å². The molecule has 0 aliphatic carbocycles. The maximum atomic E-state index is 11.1. The molecule has 4 nitrogen and oxygen atoms in total. The molecule has 0 spiro atoms. The van der Waals surface area contributed by atoms with E-state index in [1.165, 1.54) is 5.80 Å². The molecule has 0 saturated heterocycles. The molecule has 0 aromatic heterocycles. The van der Waals surface area contributed by atoms with Gasteiger partial charge in [-0.2, -0.15) is 0 Å². The van der Waals surface area contributed by atoms with Crippen LogP contribution in [0.5, 0.6) is 0 Å². The van der Waals surface area contributed by atoms with E-state index in [1.807, 2.05) is 6.92 Å². The molecule has 0 N–H and O–H groups in total. The molecule has 0 aliphatic rings. The van der Waals surface area contributed by atoms with Gasteiger partial charge < -0.3 is 14.4 Å². The van der Waals surface area contributed by atoms with Gasteiger partial charge in [0, 0.05) is 6.61 Å². The Labute approximate surface area is 79.3 Å². The van der Waals surface area contributed by atoms with E-state index in [4.69, 9.17) is 4.74 Å². The summed E-state index contributed by atoms with van der Waals surface area (Å²) in [6, 6.07) is 0. The third-order valence-electron chi connectivity index (χ3n) is 1.19. The second kappa shape index (κ2) is 8.17. The Morgan fingerprint density at radius 3 is 2.69 bits per heavy atom. The molecular formula is C8H15O4P. The quantitative estimate of drug-likeness (QED) is 0.469. The molecule has 13 heavy (non-hydrogen) atoms. The molecule has 0 bridgehead atoms. The van der Waals surface area contributed by atoms with Crippen LogP contribution in [0.1, 0.15) is 20.3 Å². The van der Waals surface area contributed by atoms with Crippen molar-refractivity contribution in [1.29, 1.82) is 0 Å². The molecule has 1 unspecified atom stereocenters. The van der Waals surface area contributed by atoms with Gasteiger partial charge in [-0.3, -0.25) is 4.79 Å². The Morgan fingerprint density at radius 1 is 1.46 bits per heavy atom. The van der Waals surface area contributed by atoms with Crippen molar-refractivity contribution in [3.8, 4) is 0 Å². The Kier molecular flexibility index (Phi) is 7.90. The number of rotatable bonds is 6. The highest BCUT2D eigenvalue weighted by atomic mass is 31.1. The fraction of sp³-hybridized carbons (Fsp3) is 0.750. The minimum Gasteiger partial charge on any atom is -0.629 e. The van der Waals surface area contributed by atoms with Crippen molar-refractivity contribution in [1.82, 2.24) is 0 Å². The molecule has 0 heterocycles. The molecule has 0 amide bonds. The summed E-state index contributed by atoms with van der Waals surface area (Å²) in [7, 11) is -1.53. The van der Waals surface area contributed by atoms with E-state index in [-0.39, 0.29) is 18.7 Å². The molecule has 0 saturated carbocycles. The molecule has 76 valence electrons. The van der Waals surface area contributed by atoms with E-state index in [2.05, 4.69) is 4.74 Å². The van der Waals surface area contributed by atoms with Gasteiger partial charge in [0.1, 0.15) is 6.42 Å². The first-order valence-corrected chi connectivity index (χ1v) is 5.72. The van der Waals surface area contributed by atoms with Gasteiger partial charge in [0.05, 0.1) is 20.2 Å². The van der Waals surface area contributed by atoms with Gasteiger partial charge >= 0.3 is 5.97 Å². The van der Waals surface area contributed by atoms with Crippen LogP contribution in [-0.2, 0) is 14.3 Å². The normalized spacial score (nSPS) is 11.5. The second-order valence-electron chi connectivity index (χ2n) is 2.23. The van der Waals surface area contributed by atoms with Crippen LogP contribution in [0.4, 0.5) is 0 Å². The van der Waals surface area contributed by atoms with E-state index < -0.39 is 7.77 Å². The summed E-state index contributed by atoms with van der Waals surface area (Å²) >= 11 is 0. The SMILES string of the molecule is CCOC[P+]([O-])=CCC(=O)OCC. The summed E-state index contributed by atoms with van der Waals surface area (Å²) in [4.78, 5) is 21.9. The number of ether oxygens (including phenoxy) is 2. The van der Waals surface area contributed by atoms with Gasteiger partial charge in [-0.1, -0.05) is 0 Å². The average Bonchev–Trinajstić information content (AvgIpc) is 2.12. The van der Waals surface area contributed by atoms with Crippen LogP contribution in [0.15, 0.2) is 0 Å². The summed E-state index contributed by atoms with van der Waals surface area (Å²) in [5.74, 6) is 1.09. The van der Waals surface area contributed by atoms with E-state index in [9.17, 15) is 9.69 Å². The summed E-state index contributed by atoms with van der Waals surface area (Å²) < 4.78 is 9.58. The minimum absolute atomic E-state index is 0.0934. The Hall–Kier alpha value is -0.440. The van der Waals surface area contributed by atoms with Gasteiger partial charge in [0.2, 0.25) is 6.35 Å². The van der Waals surface area contributed by atoms with Gasteiger partial charge in [-0.25, -0.2) is 0 Å². The monoisotopic (exact) mass is 206 g/mol. The zero-order valence-corrected chi connectivity index (χ0v) is 8.88. The van der Waals surface area contributed by atoms with Crippen LogP contribution in [0.3, 0.4) is 0 Å². The minimum atomic E-state index is -1.53. The number of hydrogen-bond acceptors (Lipinski definition) is 4. The molecule has 0 aliphatic heterocycles. The highest BCUT2D eigenvalue weighted by Gasteiger charge is 2.02. The van der Waals surface area contributed by atoms with Crippen LogP contribution < -0.4 is 4.89 Å². The Balaban J connectivity index is 3.62. The molecule has 0 aromatic rings. The van der Waals surface area contributed by atoms with Crippen molar-refractivity contribution in [2.45, 2.75) is 20.3 Å². The van der Waals surface area contributed by atoms with Crippen LogP contribution in [0.2, 0.25) is 0 Å². The fourth-order valence-electron chi connectivity index (χ4n) is 0.630. The third-order valence-corrected chi connectivity index (χ3v) is 2.22. The molecule has 0 rings (SSSR count). The van der Waals surface area contributed by atoms with Crippen molar-refractivity contribution >= 4 is 19.5 Å². The predicted molar refractivity (Wildman–Crippen MR) is 50.7 cm³/mol. The standard InChI is InChI=1S/C8H15O4P/c1-3-11-7-13(10)6-5-8(9)12-4-2/h6H,3-5,7H2,1-2H3. The Morgan fingerprint density at radius 2 is 2.15 bits per heavy atom. The van der Waals surface area contributed by atoms with Crippen LogP contribution in [0, 0.1) is 0 Å². The van der Waals surface area contributed by atoms with Crippen LogP contribution in [-0.4, -0.2) is 31.3 Å². The van der Waals surface area contributed by atoms with Gasteiger partial charge in [0.15, 0.2) is 0 Å². The number of esters is 1. The highest BCUT2D eigenvalue weighted by Crippen LogP contribution is 2.09. The van der Waals surface area contributed by atoms with Crippen LogP contribution in [0.25, 0.3) is 0 Å². The van der Waals surface area contributed by atoms with E-state index in [0.717, 1.165) is 0 Å².